The number of pyridine rings is 1. The number of aryl methyl sites for hydroxylation is 2. The van der Waals surface area contributed by atoms with Crippen LogP contribution in [0.1, 0.15) is 93.5 Å². The first kappa shape index (κ1) is 40.7. The van der Waals surface area contributed by atoms with E-state index in [4.69, 9.17) is 15.5 Å². The summed E-state index contributed by atoms with van der Waals surface area (Å²) in [6.07, 6.45) is 15.6. The number of rotatable bonds is 18. The third-order valence-corrected chi connectivity index (χ3v) is 13.4. The van der Waals surface area contributed by atoms with E-state index in [0.29, 0.717) is 44.8 Å². The van der Waals surface area contributed by atoms with Crippen LogP contribution >= 0.6 is 0 Å². The van der Waals surface area contributed by atoms with E-state index in [1.807, 2.05) is 37.3 Å². The first-order valence-electron chi connectivity index (χ1n) is 22.1. The number of allylic oxidation sites excluding steroid dienone is 2. The monoisotopic (exact) mass is 795 g/mol. The van der Waals surface area contributed by atoms with Gasteiger partial charge in [0.15, 0.2) is 0 Å². The Bertz CT molecular complexity index is 2110. The van der Waals surface area contributed by atoms with Crippen LogP contribution in [0.5, 0.6) is 5.75 Å². The highest BCUT2D eigenvalue weighted by molar-refractivity contribution is 5.90. The van der Waals surface area contributed by atoms with Gasteiger partial charge in [0.2, 0.25) is 17.7 Å². The number of nitrogens with two attached hydrogens (primary N) is 1. The minimum absolute atomic E-state index is 0.0330. The zero-order valence-electron chi connectivity index (χ0n) is 34.9. The number of carbonyl (C=O) groups is 3. The molecule has 3 fully saturated rings. The summed E-state index contributed by atoms with van der Waals surface area (Å²) in [5, 5.41) is 4.31. The quantitative estimate of drug-likeness (QED) is 0.0790. The molecule has 0 bridgehead atoms. The second-order valence-electron chi connectivity index (χ2n) is 18.0. The van der Waals surface area contributed by atoms with Crippen LogP contribution in [0, 0.1) is 18.8 Å². The van der Waals surface area contributed by atoms with Gasteiger partial charge in [0.1, 0.15) is 17.4 Å². The molecule has 8 rings (SSSR count). The van der Waals surface area contributed by atoms with Crippen molar-refractivity contribution in [3.05, 3.63) is 119 Å². The van der Waals surface area contributed by atoms with Gasteiger partial charge in [0.25, 0.3) is 0 Å². The van der Waals surface area contributed by atoms with Gasteiger partial charge in [-0.3, -0.25) is 19.3 Å². The minimum Gasteiger partial charge on any atom is -0.483 e. The predicted octanol–water partition coefficient (Wildman–Crippen LogP) is 7.66. The normalized spacial score (nSPS) is 23.3. The Morgan fingerprint density at radius 3 is 2.29 bits per heavy atom. The number of unbranched alkanes of at least 4 members (excludes halogenated alkanes) is 3. The SMILES string of the molecule is Cc1nc2ccccc2c2c1O[C@]1(CC2)C[C@@H](C(N)=O)N(C(=O)[C@H](CCCCC/C=C\[C@@H]2C[C@@H]2C(=O)NC2(C)CC2)N(CCc2ccccc2)CCc2ccccc2)C1. The molecular weight excluding hydrogens is 735 g/mol. The maximum Gasteiger partial charge on any atom is 0.240 e. The maximum atomic E-state index is 15.2. The first-order chi connectivity index (χ1) is 28.6. The van der Waals surface area contributed by atoms with E-state index in [-0.39, 0.29) is 23.3 Å². The lowest BCUT2D eigenvalue weighted by atomic mass is 9.87. The molecule has 0 radical (unpaired) electrons. The van der Waals surface area contributed by atoms with Crippen molar-refractivity contribution in [1.82, 2.24) is 20.1 Å². The van der Waals surface area contributed by atoms with Crippen molar-refractivity contribution in [3.63, 3.8) is 0 Å². The van der Waals surface area contributed by atoms with Crippen molar-refractivity contribution >= 4 is 28.6 Å². The van der Waals surface area contributed by atoms with E-state index in [9.17, 15) is 9.59 Å². The number of amides is 3. The smallest absolute Gasteiger partial charge is 0.240 e. The number of primary amides is 1. The molecule has 3 amide bonds. The summed E-state index contributed by atoms with van der Waals surface area (Å²) in [7, 11) is 0. The van der Waals surface area contributed by atoms with Crippen LogP contribution in [0.4, 0.5) is 0 Å². The molecule has 4 aliphatic rings. The number of carbonyl (C=O) groups excluding carboxylic acids is 3. The molecule has 5 atom stereocenters. The number of ether oxygens (including phenoxy) is 1. The molecule has 59 heavy (non-hydrogen) atoms. The summed E-state index contributed by atoms with van der Waals surface area (Å²) in [6, 6.07) is 27.9. The van der Waals surface area contributed by atoms with Gasteiger partial charge < -0.3 is 20.7 Å². The molecule has 3 heterocycles. The summed E-state index contributed by atoms with van der Waals surface area (Å²) in [5.41, 5.74) is 10.9. The number of likely N-dealkylation sites (tertiary alicyclic amines) is 1. The molecular formula is C50H61N5O4. The first-order valence-corrected chi connectivity index (χ1v) is 22.1. The number of para-hydroxylation sites is 1. The van der Waals surface area contributed by atoms with Crippen molar-refractivity contribution in [3.8, 4) is 5.75 Å². The lowest BCUT2D eigenvalue weighted by Crippen LogP contribution is -2.54. The number of hydrogen-bond donors (Lipinski definition) is 2. The molecule has 4 aromatic rings. The molecule has 1 aromatic heterocycles. The Labute approximate surface area is 349 Å². The summed E-state index contributed by atoms with van der Waals surface area (Å²) in [5.74, 6) is 0.941. The number of benzene rings is 3. The van der Waals surface area contributed by atoms with Crippen LogP contribution in [0.3, 0.4) is 0 Å². The Balaban J connectivity index is 0.983. The van der Waals surface area contributed by atoms with Gasteiger partial charge in [-0.15, -0.1) is 0 Å². The van der Waals surface area contributed by atoms with Gasteiger partial charge in [0.05, 0.1) is 23.8 Å². The van der Waals surface area contributed by atoms with E-state index in [0.717, 1.165) is 92.1 Å². The fourth-order valence-electron chi connectivity index (χ4n) is 9.48. The van der Waals surface area contributed by atoms with Crippen molar-refractivity contribution in [2.45, 2.75) is 121 Å². The number of aromatic nitrogens is 1. The summed E-state index contributed by atoms with van der Waals surface area (Å²) >= 11 is 0. The van der Waals surface area contributed by atoms with Crippen molar-refractivity contribution < 1.29 is 19.1 Å². The average Bonchev–Trinajstić information content (AvgIpc) is 4.16. The van der Waals surface area contributed by atoms with E-state index >= 15 is 4.79 Å². The number of fused-ring (bicyclic) bond motifs is 3. The van der Waals surface area contributed by atoms with E-state index in [1.165, 1.54) is 11.1 Å². The predicted molar refractivity (Wildman–Crippen MR) is 233 cm³/mol. The lowest BCUT2D eigenvalue weighted by molar-refractivity contribution is -0.142. The van der Waals surface area contributed by atoms with Gasteiger partial charge in [-0.1, -0.05) is 104 Å². The lowest BCUT2D eigenvalue weighted by Gasteiger charge is -2.38. The van der Waals surface area contributed by atoms with Crippen LogP contribution in [-0.2, 0) is 33.6 Å². The third kappa shape index (κ3) is 9.73. The fraction of sp³-hybridized carbons (Fsp3) is 0.480. The fourth-order valence-corrected chi connectivity index (χ4v) is 9.48. The van der Waals surface area contributed by atoms with Crippen LogP contribution < -0.4 is 15.8 Å². The Morgan fingerprint density at radius 1 is 0.932 bits per heavy atom. The minimum atomic E-state index is -0.754. The van der Waals surface area contributed by atoms with Crippen LogP contribution in [0.25, 0.3) is 10.9 Å². The molecule has 2 saturated carbocycles. The highest BCUT2D eigenvalue weighted by atomic mass is 16.5. The van der Waals surface area contributed by atoms with Crippen LogP contribution in [0.15, 0.2) is 97.1 Å². The topological polar surface area (TPSA) is 118 Å². The molecule has 3 aromatic carbocycles. The van der Waals surface area contributed by atoms with Crippen LogP contribution in [-0.4, -0.2) is 75.4 Å². The van der Waals surface area contributed by atoms with E-state index in [2.05, 4.69) is 83.9 Å². The van der Waals surface area contributed by atoms with Crippen LogP contribution in [0.2, 0.25) is 0 Å². The van der Waals surface area contributed by atoms with E-state index < -0.39 is 23.6 Å². The molecule has 310 valence electrons. The van der Waals surface area contributed by atoms with Crippen molar-refractivity contribution in [2.24, 2.45) is 17.6 Å². The van der Waals surface area contributed by atoms with Crippen molar-refractivity contribution in [2.75, 3.05) is 19.6 Å². The van der Waals surface area contributed by atoms with Gasteiger partial charge in [-0.05, 0) is 101 Å². The standard InChI is InChI=1S/C50H61N5O4/c1-35-45-40(39-21-14-15-22-42(39)52-35)24-27-50(59-45)33-44(46(51)56)55(34-50)48(58)43(23-13-5-3-4-12-20-38-32-41(38)47(57)53-49(2)28-29-49)54(30-25-36-16-8-6-9-17-36)31-26-37-18-10-7-11-19-37/h6-12,14-22,38,41,43-44H,3-5,13,23-34H2,1-2H3,(H2,51,56)(H,53,57)/b20-12-/t38-,41+,43+,44+,50-/m1/s1. The zero-order chi connectivity index (χ0) is 41.0. The molecule has 2 aliphatic heterocycles. The molecule has 1 saturated heterocycles. The highest BCUT2D eigenvalue weighted by Gasteiger charge is 2.53. The summed E-state index contributed by atoms with van der Waals surface area (Å²) < 4.78 is 6.93. The third-order valence-electron chi connectivity index (χ3n) is 13.4. The summed E-state index contributed by atoms with van der Waals surface area (Å²) in [4.78, 5) is 50.1. The van der Waals surface area contributed by atoms with Gasteiger partial charge >= 0.3 is 0 Å². The summed E-state index contributed by atoms with van der Waals surface area (Å²) in [6.45, 7) is 5.86. The Kier molecular flexibility index (Phi) is 12.2. The van der Waals surface area contributed by atoms with E-state index in [1.54, 1.807) is 4.90 Å². The van der Waals surface area contributed by atoms with Crippen molar-refractivity contribution in [1.29, 1.82) is 0 Å². The number of nitrogens with zero attached hydrogens (tertiary/aromatic N) is 3. The zero-order valence-corrected chi connectivity index (χ0v) is 34.9. The second kappa shape index (κ2) is 17.7. The second-order valence-corrected chi connectivity index (χ2v) is 18.0. The number of hydrogen-bond acceptors (Lipinski definition) is 6. The maximum absolute atomic E-state index is 15.2. The molecule has 9 heteroatoms. The molecule has 1 spiro atoms. The average molecular weight is 796 g/mol. The van der Waals surface area contributed by atoms with Gasteiger partial charge in [-0.2, -0.15) is 0 Å². The Morgan fingerprint density at radius 2 is 1.61 bits per heavy atom. The molecule has 0 unspecified atom stereocenters. The molecule has 2 aliphatic carbocycles. The highest BCUT2D eigenvalue weighted by Crippen LogP contribution is 2.45. The van der Waals surface area contributed by atoms with Gasteiger partial charge in [-0.25, -0.2) is 4.98 Å². The number of nitrogens with one attached hydrogen (secondary N) is 1. The largest absolute Gasteiger partial charge is 0.483 e. The molecule has 9 nitrogen and oxygen atoms in total. The molecule has 3 N–H and O–H groups in total. The Hall–Kier alpha value is -5.02. The van der Waals surface area contributed by atoms with Gasteiger partial charge in [0, 0.05) is 41.9 Å².